The van der Waals surface area contributed by atoms with Crippen LogP contribution in [0, 0.1) is 17.7 Å². The maximum Gasteiger partial charge on any atom is 0.247 e. The highest BCUT2D eigenvalue weighted by Crippen LogP contribution is 2.21. The molecular formula is C28H36FN7O3. The number of aromatic nitrogens is 2. The third-order valence-corrected chi connectivity index (χ3v) is 6.02. The Morgan fingerprint density at radius 2 is 2.15 bits per heavy atom. The van der Waals surface area contributed by atoms with Gasteiger partial charge < -0.3 is 30.5 Å². The van der Waals surface area contributed by atoms with E-state index in [1.165, 1.54) is 18.2 Å². The predicted octanol–water partition coefficient (Wildman–Crippen LogP) is 2.38. The first-order chi connectivity index (χ1) is 18.8. The van der Waals surface area contributed by atoms with Gasteiger partial charge in [0.05, 0.1) is 17.9 Å². The zero-order valence-corrected chi connectivity index (χ0v) is 22.8. The second-order valence-electron chi connectivity index (χ2n) is 9.30. The summed E-state index contributed by atoms with van der Waals surface area (Å²) < 4.78 is 18.8. The number of nitrogens with one attached hydrogen (secondary N) is 3. The van der Waals surface area contributed by atoms with Gasteiger partial charge in [0, 0.05) is 58.4 Å². The van der Waals surface area contributed by atoms with E-state index in [2.05, 4.69) is 37.8 Å². The first-order valence-electron chi connectivity index (χ1n) is 12.8. The standard InChI is InChI=1S/C28H36FN7O3/c1-30-26-20(18-32-28(34-26)33-22-12-8-11-21(29)16-22)10-6-5-7-14-31-27(38)24-17-23(39-4)19-36(24)25(37)13-9-15-35(2)3/h8-9,11-13,16,18,23-24H,5,7,14-15,17,19H2,1-4H3,(H,31,38)(H2,30,32,33,34)/b13-9+/t23-,24-/m0/s1. The molecule has 1 fully saturated rings. The molecule has 0 aliphatic carbocycles. The molecule has 1 aromatic carbocycles. The molecular weight excluding hydrogens is 501 g/mol. The molecule has 11 heteroatoms. The van der Waals surface area contributed by atoms with E-state index in [1.54, 1.807) is 43.5 Å². The van der Waals surface area contributed by atoms with Crippen LogP contribution in [0.2, 0.25) is 0 Å². The SMILES string of the molecule is CNc1nc(Nc2cccc(F)c2)ncc1C#CCCCNC(=O)[C@@H]1C[C@H](OC)CN1C(=O)/C=C/CN(C)C. The number of methoxy groups -OCH3 is 1. The summed E-state index contributed by atoms with van der Waals surface area (Å²) in [5.41, 5.74) is 1.17. The number of likely N-dealkylation sites (tertiary alicyclic amines) is 1. The van der Waals surface area contributed by atoms with Gasteiger partial charge in [-0.3, -0.25) is 9.59 Å². The molecule has 2 atom stereocenters. The summed E-state index contributed by atoms with van der Waals surface area (Å²) in [4.78, 5) is 37.7. The van der Waals surface area contributed by atoms with E-state index in [1.807, 2.05) is 19.0 Å². The summed E-state index contributed by atoms with van der Waals surface area (Å²) in [6.07, 6.45) is 6.39. The molecule has 3 rings (SSSR count). The van der Waals surface area contributed by atoms with Gasteiger partial charge >= 0.3 is 0 Å². The summed E-state index contributed by atoms with van der Waals surface area (Å²) >= 11 is 0. The molecule has 208 valence electrons. The fourth-order valence-corrected chi connectivity index (χ4v) is 4.00. The van der Waals surface area contributed by atoms with Crippen molar-refractivity contribution in [2.75, 3.05) is 58.5 Å². The molecule has 10 nitrogen and oxygen atoms in total. The molecule has 1 aromatic heterocycles. The van der Waals surface area contributed by atoms with Gasteiger partial charge in [0.2, 0.25) is 17.8 Å². The maximum atomic E-state index is 13.4. The minimum atomic E-state index is -0.563. The summed E-state index contributed by atoms with van der Waals surface area (Å²) in [7, 11) is 7.17. The molecule has 0 radical (unpaired) electrons. The largest absolute Gasteiger partial charge is 0.380 e. The van der Waals surface area contributed by atoms with Crippen LogP contribution in [-0.4, -0.2) is 91.6 Å². The number of rotatable bonds is 11. The van der Waals surface area contributed by atoms with Crippen molar-refractivity contribution in [1.82, 2.24) is 25.1 Å². The first-order valence-corrected chi connectivity index (χ1v) is 12.8. The van der Waals surface area contributed by atoms with Crippen molar-refractivity contribution >= 4 is 29.3 Å². The lowest BCUT2D eigenvalue weighted by Crippen LogP contribution is -2.45. The van der Waals surface area contributed by atoms with E-state index >= 15 is 0 Å². The average molecular weight is 538 g/mol. The van der Waals surface area contributed by atoms with Crippen molar-refractivity contribution in [3.63, 3.8) is 0 Å². The molecule has 1 aliphatic heterocycles. The third-order valence-electron chi connectivity index (χ3n) is 6.02. The van der Waals surface area contributed by atoms with Crippen LogP contribution in [0.15, 0.2) is 42.6 Å². The Morgan fingerprint density at radius 3 is 2.87 bits per heavy atom. The average Bonchev–Trinajstić information content (AvgIpc) is 3.36. The maximum absolute atomic E-state index is 13.4. The molecule has 0 unspecified atom stereocenters. The van der Waals surface area contributed by atoms with Crippen LogP contribution in [0.1, 0.15) is 24.8 Å². The van der Waals surface area contributed by atoms with E-state index in [-0.39, 0.29) is 23.7 Å². The number of hydrogen-bond donors (Lipinski definition) is 3. The van der Waals surface area contributed by atoms with Crippen LogP contribution >= 0.6 is 0 Å². The highest BCUT2D eigenvalue weighted by molar-refractivity contribution is 5.93. The summed E-state index contributed by atoms with van der Waals surface area (Å²) in [5, 5.41) is 8.89. The van der Waals surface area contributed by atoms with E-state index < -0.39 is 6.04 Å². The van der Waals surface area contributed by atoms with Crippen LogP contribution in [0.25, 0.3) is 0 Å². The summed E-state index contributed by atoms with van der Waals surface area (Å²) in [6, 6.07) is 5.48. The lowest BCUT2D eigenvalue weighted by atomic mass is 10.1. The lowest BCUT2D eigenvalue weighted by Gasteiger charge is -2.22. The minimum absolute atomic E-state index is 0.170. The van der Waals surface area contributed by atoms with Crippen LogP contribution < -0.4 is 16.0 Å². The minimum Gasteiger partial charge on any atom is -0.380 e. The van der Waals surface area contributed by atoms with E-state index in [0.717, 1.165) is 0 Å². The first kappa shape index (κ1) is 29.5. The van der Waals surface area contributed by atoms with Crippen LogP contribution in [0.5, 0.6) is 0 Å². The Hall–Kier alpha value is -4.01. The molecule has 3 N–H and O–H groups in total. The lowest BCUT2D eigenvalue weighted by molar-refractivity contribution is -0.135. The third kappa shape index (κ3) is 9.05. The normalized spacial score (nSPS) is 16.7. The van der Waals surface area contributed by atoms with Crippen molar-refractivity contribution in [2.45, 2.75) is 31.4 Å². The van der Waals surface area contributed by atoms with Crippen molar-refractivity contribution < 1.29 is 18.7 Å². The number of hydrogen-bond acceptors (Lipinski definition) is 8. The zero-order valence-electron chi connectivity index (χ0n) is 22.8. The van der Waals surface area contributed by atoms with Crippen LogP contribution in [-0.2, 0) is 14.3 Å². The smallest absolute Gasteiger partial charge is 0.247 e. The molecule has 39 heavy (non-hydrogen) atoms. The molecule has 1 aliphatic rings. The van der Waals surface area contributed by atoms with Crippen molar-refractivity contribution in [2.24, 2.45) is 0 Å². The van der Waals surface area contributed by atoms with Gasteiger partial charge in [-0.25, -0.2) is 9.37 Å². The molecule has 1 saturated heterocycles. The van der Waals surface area contributed by atoms with Crippen molar-refractivity contribution in [3.05, 3.63) is 54.0 Å². The van der Waals surface area contributed by atoms with Crippen molar-refractivity contribution in [3.8, 4) is 11.8 Å². The molecule has 2 amide bonds. The Bertz CT molecular complexity index is 1230. The van der Waals surface area contributed by atoms with Gasteiger partial charge in [-0.15, -0.1) is 0 Å². The molecule has 2 aromatic rings. The number of amides is 2. The molecule has 2 heterocycles. The summed E-state index contributed by atoms with van der Waals surface area (Å²) in [5.74, 6) is 6.26. The number of carbonyl (C=O) groups excluding carboxylic acids is 2. The Labute approximate surface area is 229 Å². The number of anilines is 3. The fourth-order valence-electron chi connectivity index (χ4n) is 4.00. The Kier molecular flexibility index (Phi) is 11.2. The highest BCUT2D eigenvalue weighted by atomic mass is 19.1. The van der Waals surface area contributed by atoms with Crippen LogP contribution in [0.3, 0.4) is 0 Å². The van der Waals surface area contributed by atoms with E-state index in [0.29, 0.717) is 61.9 Å². The van der Waals surface area contributed by atoms with Gasteiger partial charge in [0.15, 0.2) is 0 Å². The zero-order chi connectivity index (χ0) is 28.2. The van der Waals surface area contributed by atoms with Gasteiger partial charge in [-0.05, 0) is 38.7 Å². The fraction of sp³-hybridized carbons (Fsp3) is 0.429. The summed E-state index contributed by atoms with van der Waals surface area (Å²) in [6.45, 7) is 1.47. The Balaban J connectivity index is 1.49. The number of benzene rings is 1. The highest BCUT2D eigenvalue weighted by Gasteiger charge is 2.38. The second-order valence-corrected chi connectivity index (χ2v) is 9.30. The quantitative estimate of drug-likeness (QED) is 0.228. The van der Waals surface area contributed by atoms with Gasteiger partial charge in [-0.2, -0.15) is 4.98 Å². The number of halogens is 1. The number of unbranched alkanes of at least 4 members (excludes halogenated alkanes) is 1. The monoisotopic (exact) mass is 537 g/mol. The second kappa shape index (κ2) is 14.8. The van der Waals surface area contributed by atoms with Crippen LogP contribution in [0.4, 0.5) is 21.8 Å². The van der Waals surface area contributed by atoms with E-state index in [4.69, 9.17) is 4.74 Å². The molecule has 0 bridgehead atoms. The molecule has 0 saturated carbocycles. The van der Waals surface area contributed by atoms with Crippen molar-refractivity contribution in [1.29, 1.82) is 0 Å². The van der Waals surface area contributed by atoms with Gasteiger partial charge in [0.25, 0.3) is 0 Å². The van der Waals surface area contributed by atoms with E-state index in [9.17, 15) is 14.0 Å². The number of carbonyl (C=O) groups is 2. The van der Waals surface area contributed by atoms with Gasteiger partial charge in [-0.1, -0.05) is 24.0 Å². The predicted molar refractivity (Wildman–Crippen MR) is 149 cm³/mol. The number of nitrogens with zero attached hydrogens (tertiary/aromatic N) is 4. The number of likely N-dealkylation sites (N-methyl/N-ethyl adjacent to an activating group) is 1. The number of ether oxygens (including phenoxy) is 1. The van der Waals surface area contributed by atoms with Gasteiger partial charge in [0.1, 0.15) is 17.7 Å². The molecule has 0 spiro atoms. The Morgan fingerprint density at radius 1 is 1.33 bits per heavy atom. The topological polar surface area (TPSA) is 112 Å².